The molecule has 1 aliphatic heterocycles. The van der Waals surface area contributed by atoms with Crippen LogP contribution in [0, 0.1) is 5.92 Å². The molecule has 0 atom stereocenters. The molecule has 1 heterocycles. The number of amides is 3. The Kier molecular flexibility index (Phi) is 6.31. The lowest BCUT2D eigenvalue weighted by Gasteiger charge is -2.32. The highest BCUT2D eigenvalue weighted by atomic mass is 35.5. The van der Waals surface area contributed by atoms with E-state index in [1.165, 1.54) is 0 Å². The quantitative estimate of drug-likeness (QED) is 0.873. The predicted molar refractivity (Wildman–Crippen MR) is 94.6 cm³/mol. The summed E-state index contributed by atoms with van der Waals surface area (Å²) in [5.41, 5.74) is 0.565. The Bertz CT molecular complexity index is 599. The molecule has 132 valence electrons. The molecule has 2 rings (SSSR count). The topological polar surface area (TPSA) is 70.7 Å². The first-order valence-corrected chi connectivity index (χ1v) is 8.48. The van der Waals surface area contributed by atoms with Gasteiger partial charge >= 0.3 is 6.03 Å². The zero-order chi connectivity index (χ0) is 17.7. The Labute approximate surface area is 147 Å². The Hall–Kier alpha value is -1.95. The molecule has 1 aromatic rings. The molecule has 24 heavy (non-hydrogen) atoms. The smallest absolute Gasteiger partial charge is 0.317 e. The first-order valence-electron chi connectivity index (χ1n) is 8.10. The minimum Gasteiger partial charge on any atom is -0.495 e. The molecule has 0 aromatic heterocycles. The van der Waals surface area contributed by atoms with Crippen molar-refractivity contribution in [3.63, 3.8) is 0 Å². The van der Waals surface area contributed by atoms with Crippen molar-refractivity contribution in [3.05, 3.63) is 23.2 Å². The average molecular weight is 354 g/mol. The molecule has 0 unspecified atom stereocenters. The number of likely N-dealkylation sites (tertiary alicyclic amines) is 1. The van der Waals surface area contributed by atoms with Gasteiger partial charge in [0.2, 0.25) is 5.91 Å². The average Bonchev–Trinajstić information content (AvgIpc) is 2.54. The number of anilines is 1. The van der Waals surface area contributed by atoms with E-state index in [9.17, 15) is 9.59 Å². The van der Waals surface area contributed by atoms with E-state index in [0.29, 0.717) is 42.4 Å². The van der Waals surface area contributed by atoms with E-state index in [1.807, 2.05) is 13.8 Å². The number of carbonyl (C=O) groups is 2. The number of methoxy groups -OCH3 is 1. The maximum Gasteiger partial charge on any atom is 0.317 e. The Morgan fingerprint density at radius 3 is 2.54 bits per heavy atom. The lowest BCUT2D eigenvalue weighted by atomic mass is 9.96. The van der Waals surface area contributed by atoms with Crippen LogP contribution in [0.1, 0.15) is 26.7 Å². The van der Waals surface area contributed by atoms with Gasteiger partial charge in [0.05, 0.1) is 12.8 Å². The van der Waals surface area contributed by atoms with Crippen molar-refractivity contribution in [1.29, 1.82) is 0 Å². The van der Waals surface area contributed by atoms with Crippen molar-refractivity contribution >= 4 is 29.2 Å². The van der Waals surface area contributed by atoms with Gasteiger partial charge in [-0.2, -0.15) is 0 Å². The third kappa shape index (κ3) is 4.77. The van der Waals surface area contributed by atoms with E-state index in [4.69, 9.17) is 16.3 Å². The standard InChI is InChI=1S/C17H24ClN3O3/c1-11(2)19-17(23)21-8-6-12(7-9-21)16(22)20-14-10-13(18)4-5-15(14)24-3/h4-5,10-12H,6-9H2,1-3H3,(H,19,23)(H,20,22). The number of benzene rings is 1. The van der Waals surface area contributed by atoms with Gasteiger partial charge < -0.3 is 20.3 Å². The summed E-state index contributed by atoms with van der Waals surface area (Å²) in [6.07, 6.45) is 1.28. The van der Waals surface area contributed by atoms with Gasteiger partial charge in [-0.25, -0.2) is 4.79 Å². The molecular formula is C17H24ClN3O3. The first kappa shape index (κ1) is 18.4. The normalized spacial score (nSPS) is 15.3. The van der Waals surface area contributed by atoms with Gasteiger partial charge in [-0.05, 0) is 44.9 Å². The van der Waals surface area contributed by atoms with Crippen LogP contribution in [0.25, 0.3) is 0 Å². The number of carbonyl (C=O) groups excluding carboxylic acids is 2. The van der Waals surface area contributed by atoms with Crippen molar-refractivity contribution in [2.24, 2.45) is 5.92 Å². The van der Waals surface area contributed by atoms with Crippen LogP contribution in [0.4, 0.5) is 10.5 Å². The van der Waals surface area contributed by atoms with Crippen molar-refractivity contribution in [2.75, 3.05) is 25.5 Å². The Morgan fingerprint density at radius 1 is 1.29 bits per heavy atom. The lowest BCUT2D eigenvalue weighted by molar-refractivity contribution is -0.121. The van der Waals surface area contributed by atoms with Gasteiger partial charge in [-0.15, -0.1) is 0 Å². The molecule has 1 saturated heterocycles. The molecule has 0 saturated carbocycles. The van der Waals surface area contributed by atoms with Gasteiger partial charge in [0.15, 0.2) is 0 Å². The summed E-state index contributed by atoms with van der Waals surface area (Å²) in [5, 5.41) is 6.29. The number of ether oxygens (including phenoxy) is 1. The summed E-state index contributed by atoms with van der Waals surface area (Å²) in [7, 11) is 1.55. The Morgan fingerprint density at radius 2 is 1.96 bits per heavy atom. The lowest BCUT2D eigenvalue weighted by Crippen LogP contribution is -2.47. The number of nitrogens with zero attached hydrogens (tertiary/aromatic N) is 1. The minimum atomic E-state index is -0.128. The predicted octanol–water partition coefficient (Wildman–Crippen LogP) is 3.12. The van der Waals surface area contributed by atoms with Crippen LogP contribution < -0.4 is 15.4 Å². The van der Waals surface area contributed by atoms with Crippen LogP contribution in [0.5, 0.6) is 5.75 Å². The van der Waals surface area contributed by atoms with E-state index >= 15 is 0 Å². The fourth-order valence-corrected chi connectivity index (χ4v) is 2.87. The third-order valence-electron chi connectivity index (χ3n) is 3.98. The zero-order valence-electron chi connectivity index (χ0n) is 14.3. The largest absolute Gasteiger partial charge is 0.495 e. The van der Waals surface area contributed by atoms with Crippen molar-refractivity contribution in [3.8, 4) is 5.75 Å². The molecule has 1 aromatic carbocycles. The van der Waals surface area contributed by atoms with Crippen molar-refractivity contribution < 1.29 is 14.3 Å². The van der Waals surface area contributed by atoms with Crippen LogP contribution in [-0.4, -0.2) is 43.1 Å². The number of nitrogens with one attached hydrogen (secondary N) is 2. The van der Waals surface area contributed by atoms with Gasteiger partial charge in [-0.1, -0.05) is 11.6 Å². The van der Waals surface area contributed by atoms with Crippen LogP contribution in [0.2, 0.25) is 5.02 Å². The summed E-state index contributed by atoms with van der Waals surface area (Å²) in [6.45, 7) is 5.00. The fraction of sp³-hybridized carbons (Fsp3) is 0.529. The summed E-state index contributed by atoms with van der Waals surface area (Å²) in [4.78, 5) is 26.2. The molecule has 0 radical (unpaired) electrons. The summed E-state index contributed by atoms with van der Waals surface area (Å²) in [5.74, 6) is 0.373. The van der Waals surface area contributed by atoms with Crippen LogP contribution in [-0.2, 0) is 4.79 Å². The molecule has 3 amide bonds. The molecule has 7 heteroatoms. The van der Waals surface area contributed by atoms with Gasteiger partial charge in [0, 0.05) is 30.1 Å². The summed E-state index contributed by atoms with van der Waals surface area (Å²) < 4.78 is 5.24. The second-order valence-electron chi connectivity index (χ2n) is 6.20. The highest BCUT2D eigenvalue weighted by molar-refractivity contribution is 6.31. The van der Waals surface area contributed by atoms with E-state index in [0.717, 1.165) is 0 Å². The molecule has 0 aliphatic carbocycles. The molecule has 6 nitrogen and oxygen atoms in total. The van der Waals surface area contributed by atoms with E-state index < -0.39 is 0 Å². The van der Waals surface area contributed by atoms with Crippen LogP contribution >= 0.6 is 11.6 Å². The fourth-order valence-electron chi connectivity index (χ4n) is 2.70. The van der Waals surface area contributed by atoms with Gasteiger partial charge in [-0.3, -0.25) is 4.79 Å². The van der Waals surface area contributed by atoms with E-state index in [1.54, 1.807) is 30.2 Å². The highest BCUT2D eigenvalue weighted by Gasteiger charge is 2.28. The number of rotatable bonds is 4. The molecular weight excluding hydrogens is 330 g/mol. The number of urea groups is 1. The second kappa shape index (κ2) is 8.24. The molecule has 1 fully saturated rings. The molecule has 0 bridgehead atoms. The maximum atomic E-state index is 12.5. The van der Waals surface area contributed by atoms with E-state index in [2.05, 4.69) is 10.6 Å². The van der Waals surface area contributed by atoms with Crippen molar-refractivity contribution in [2.45, 2.75) is 32.7 Å². The number of hydrogen-bond acceptors (Lipinski definition) is 3. The number of halogens is 1. The second-order valence-corrected chi connectivity index (χ2v) is 6.64. The summed E-state index contributed by atoms with van der Waals surface area (Å²) >= 11 is 5.98. The summed E-state index contributed by atoms with van der Waals surface area (Å²) in [6, 6.07) is 5.14. The first-order chi connectivity index (χ1) is 11.4. The SMILES string of the molecule is COc1ccc(Cl)cc1NC(=O)C1CCN(C(=O)NC(C)C)CC1. The van der Waals surface area contributed by atoms with E-state index in [-0.39, 0.29) is 23.9 Å². The van der Waals surface area contributed by atoms with Gasteiger partial charge in [0.1, 0.15) is 5.75 Å². The zero-order valence-corrected chi connectivity index (χ0v) is 15.0. The Balaban J connectivity index is 1.91. The number of hydrogen-bond donors (Lipinski definition) is 2. The highest BCUT2D eigenvalue weighted by Crippen LogP contribution is 2.29. The minimum absolute atomic E-state index is 0.0691. The molecule has 2 N–H and O–H groups in total. The van der Waals surface area contributed by atoms with Crippen LogP contribution in [0.15, 0.2) is 18.2 Å². The maximum absolute atomic E-state index is 12.5. The molecule has 1 aliphatic rings. The number of piperidine rings is 1. The van der Waals surface area contributed by atoms with Gasteiger partial charge in [0.25, 0.3) is 0 Å². The molecule has 0 spiro atoms. The van der Waals surface area contributed by atoms with Crippen molar-refractivity contribution in [1.82, 2.24) is 10.2 Å². The van der Waals surface area contributed by atoms with Crippen LogP contribution in [0.3, 0.4) is 0 Å². The monoisotopic (exact) mass is 353 g/mol. The third-order valence-corrected chi connectivity index (χ3v) is 4.22.